The van der Waals surface area contributed by atoms with Gasteiger partial charge in [0.1, 0.15) is 21.6 Å². The van der Waals surface area contributed by atoms with E-state index < -0.39 is 0 Å². The number of likely N-dealkylation sites (N-methyl/N-ethyl adjacent to an activating group) is 2. The molecule has 0 aliphatic carbocycles. The van der Waals surface area contributed by atoms with Gasteiger partial charge in [0.05, 0.1) is 17.4 Å². The summed E-state index contributed by atoms with van der Waals surface area (Å²) >= 11 is 23.1. The minimum atomic E-state index is 0.157. The fraction of sp³-hybridized carbons (Fsp3) is 0.400. The average Bonchev–Trinajstić information content (AvgIpc) is 3.34. The van der Waals surface area contributed by atoms with Crippen molar-refractivity contribution >= 4 is 68.5 Å². The van der Waals surface area contributed by atoms with E-state index in [1.165, 1.54) is 0 Å². The Morgan fingerprint density at radius 3 is 2.03 bits per heavy atom. The maximum Gasteiger partial charge on any atom is 0.225 e. The van der Waals surface area contributed by atoms with Crippen LogP contribution in [0.5, 0.6) is 0 Å². The molecule has 33 heavy (non-hydrogen) atoms. The Kier molecular flexibility index (Phi) is 11.0. The van der Waals surface area contributed by atoms with Crippen LogP contribution >= 0.6 is 46.4 Å². The fourth-order valence-corrected chi connectivity index (χ4v) is 3.45. The van der Waals surface area contributed by atoms with Crippen molar-refractivity contribution in [2.24, 2.45) is 0 Å². The molecular weight excluding hydrogens is 510 g/mol. The molecule has 2 N–H and O–H groups in total. The molecule has 0 saturated heterocycles. The third-order valence-corrected chi connectivity index (χ3v) is 5.14. The van der Waals surface area contributed by atoms with Crippen molar-refractivity contribution in [2.75, 3.05) is 47.9 Å². The predicted octanol–water partition coefficient (Wildman–Crippen LogP) is 4.10. The van der Waals surface area contributed by atoms with E-state index in [0.717, 1.165) is 36.1 Å². The SMILES string of the molecule is CN(C)CCO.CN(C)CCn1ccc2c(Cl)nc(Cl)nc21.Clc1nc(Cl)c2cc[nH]c2n1. The van der Waals surface area contributed by atoms with Crippen LogP contribution in [-0.2, 0) is 6.54 Å². The number of halogens is 4. The highest BCUT2D eigenvalue weighted by Gasteiger charge is 2.09. The molecule has 0 unspecified atom stereocenters. The Balaban J connectivity index is 0.000000196. The first-order valence-corrected chi connectivity index (χ1v) is 11.4. The number of aliphatic hydroxyl groups excluding tert-OH is 1. The van der Waals surface area contributed by atoms with E-state index in [4.69, 9.17) is 51.5 Å². The van der Waals surface area contributed by atoms with Crippen molar-refractivity contribution in [1.29, 1.82) is 0 Å². The monoisotopic (exact) mass is 534 g/mol. The highest BCUT2D eigenvalue weighted by atomic mass is 35.5. The number of nitrogens with zero attached hydrogens (tertiary/aromatic N) is 7. The van der Waals surface area contributed by atoms with Crippen LogP contribution in [0.15, 0.2) is 24.5 Å². The number of hydrogen-bond donors (Lipinski definition) is 2. The molecule has 0 aromatic carbocycles. The molecule has 0 spiro atoms. The van der Waals surface area contributed by atoms with Crippen molar-refractivity contribution in [3.8, 4) is 0 Å². The second-order valence-electron chi connectivity index (χ2n) is 7.38. The number of hydrogen-bond acceptors (Lipinski definition) is 7. The molecule has 0 saturated carbocycles. The standard InChI is InChI=1S/C10H12Cl2N4.C6H3Cl2N3.C4H11NO/c1-15(2)5-6-16-4-3-7-8(11)13-10(12)14-9(7)16;7-4-3-1-2-9-5(3)11-6(8)10-4;1-5(2)3-4-6/h3-4H,5-6H2,1-2H3;1-2H,(H,9,10,11);6H,3-4H2,1-2H3. The average molecular weight is 536 g/mol. The van der Waals surface area contributed by atoms with Gasteiger partial charge in [0.25, 0.3) is 0 Å². The lowest BCUT2D eigenvalue weighted by molar-refractivity contribution is 0.243. The molecule has 0 amide bonds. The number of aromatic nitrogens is 6. The van der Waals surface area contributed by atoms with Crippen LogP contribution in [0.3, 0.4) is 0 Å². The predicted molar refractivity (Wildman–Crippen MR) is 136 cm³/mol. The van der Waals surface area contributed by atoms with E-state index in [2.05, 4.69) is 29.8 Å². The van der Waals surface area contributed by atoms with Gasteiger partial charge in [0.15, 0.2) is 0 Å². The summed E-state index contributed by atoms with van der Waals surface area (Å²) in [5.74, 6) is 0. The number of rotatable bonds is 5. The zero-order valence-electron chi connectivity index (χ0n) is 18.7. The van der Waals surface area contributed by atoms with Crippen LogP contribution in [0.2, 0.25) is 20.9 Å². The number of aromatic amines is 1. The zero-order chi connectivity index (χ0) is 24.5. The molecule has 9 nitrogen and oxygen atoms in total. The van der Waals surface area contributed by atoms with E-state index in [-0.39, 0.29) is 17.2 Å². The van der Waals surface area contributed by atoms with Crippen LogP contribution in [0, 0.1) is 0 Å². The lowest BCUT2D eigenvalue weighted by Crippen LogP contribution is -2.18. The quantitative estimate of drug-likeness (QED) is 0.293. The minimum Gasteiger partial charge on any atom is -0.395 e. The Morgan fingerprint density at radius 2 is 1.45 bits per heavy atom. The second-order valence-corrected chi connectivity index (χ2v) is 8.78. The van der Waals surface area contributed by atoms with Crippen molar-refractivity contribution in [3.05, 3.63) is 45.4 Å². The molecule has 4 heterocycles. The molecule has 4 rings (SSSR count). The van der Waals surface area contributed by atoms with Gasteiger partial charge in [0.2, 0.25) is 10.6 Å². The van der Waals surface area contributed by atoms with Crippen LogP contribution in [0.1, 0.15) is 0 Å². The molecular formula is C20H26Cl4N8O. The summed E-state index contributed by atoms with van der Waals surface area (Å²) in [7, 11) is 7.91. The first kappa shape index (κ1) is 27.5. The Hall–Kier alpha value is -1.72. The van der Waals surface area contributed by atoms with Crippen LogP contribution in [0.4, 0.5) is 0 Å². The Labute approximate surface area is 212 Å². The van der Waals surface area contributed by atoms with E-state index in [1.807, 2.05) is 49.9 Å². The van der Waals surface area contributed by atoms with Gasteiger partial charge in [-0.2, -0.15) is 9.97 Å². The molecule has 4 aromatic heterocycles. The van der Waals surface area contributed by atoms with Crippen molar-refractivity contribution in [2.45, 2.75) is 6.54 Å². The van der Waals surface area contributed by atoms with Crippen LogP contribution < -0.4 is 0 Å². The van der Waals surface area contributed by atoms with Gasteiger partial charge in [-0.1, -0.05) is 23.2 Å². The topological polar surface area (TPSA) is 99.0 Å². The molecule has 0 aliphatic rings. The van der Waals surface area contributed by atoms with E-state index in [1.54, 1.807) is 12.3 Å². The van der Waals surface area contributed by atoms with E-state index >= 15 is 0 Å². The third-order valence-electron chi connectivity index (χ3n) is 4.22. The number of aliphatic hydroxyl groups is 1. The molecule has 0 atom stereocenters. The summed E-state index contributed by atoms with van der Waals surface area (Å²) < 4.78 is 2.02. The summed E-state index contributed by atoms with van der Waals surface area (Å²) in [6.45, 7) is 2.80. The number of fused-ring (bicyclic) bond motifs is 2. The zero-order valence-corrected chi connectivity index (χ0v) is 21.8. The fourth-order valence-electron chi connectivity index (χ4n) is 2.57. The van der Waals surface area contributed by atoms with Crippen LogP contribution in [0.25, 0.3) is 22.1 Å². The third kappa shape index (κ3) is 8.53. The highest BCUT2D eigenvalue weighted by Crippen LogP contribution is 2.23. The van der Waals surface area contributed by atoms with Gasteiger partial charge < -0.3 is 24.5 Å². The second kappa shape index (κ2) is 13.2. The first-order chi connectivity index (χ1) is 15.6. The summed E-state index contributed by atoms with van der Waals surface area (Å²) in [4.78, 5) is 22.7. The van der Waals surface area contributed by atoms with E-state index in [0.29, 0.717) is 16.0 Å². The van der Waals surface area contributed by atoms with Crippen molar-refractivity contribution in [3.63, 3.8) is 0 Å². The molecule has 4 aromatic rings. The Morgan fingerprint density at radius 1 is 0.848 bits per heavy atom. The number of H-pyrrole nitrogens is 1. The van der Waals surface area contributed by atoms with Gasteiger partial charge in [-0.15, -0.1) is 0 Å². The van der Waals surface area contributed by atoms with Gasteiger partial charge in [-0.05, 0) is 63.5 Å². The summed E-state index contributed by atoms with van der Waals surface area (Å²) in [6.07, 6.45) is 3.69. The highest BCUT2D eigenvalue weighted by molar-refractivity contribution is 6.36. The van der Waals surface area contributed by atoms with Crippen molar-refractivity contribution < 1.29 is 5.11 Å². The summed E-state index contributed by atoms with van der Waals surface area (Å²) in [6, 6.07) is 3.71. The molecule has 0 fully saturated rings. The molecule has 0 bridgehead atoms. The summed E-state index contributed by atoms with van der Waals surface area (Å²) in [5, 5.41) is 10.9. The van der Waals surface area contributed by atoms with Gasteiger partial charge in [-0.25, -0.2) is 9.97 Å². The molecule has 180 valence electrons. The number of nitrogens with one attached hydrogen (secondary N) is 1. The van der Waals surface area contributed by atoms with Gasteiger partial charge in [0, 0.05) is 32.0 Å². The maximum absolute atomic E-state index is 8.20. The smallest absolute Gasteiger partial charge is 0.225 e. The maximum atomic E-state index is 8.20. The summed E-state index contributed by atoms with van der Waals surface area (Å²) in [5.41, 5.74) is 1.45. The minimum absolute atomic E-state index is 0.157. The largest absolute Gasteiger partial charge is 0.395 e. The molecule has 0 radical (unpaired) electrons. The molecule has 13 heteroatoms. The van der Waals surface area contributed by atoms with Gasteiger partial charge >= 0.3 is 0 Å². The lowest BCUT2D eigenvalue weighted by atomic mass is 10.4. The van der Waals surface area contributed by atoms with Gasteiger partial charge in [-0.3, -0.25) is 0 Å². The van der Waals surface area contributed by atoms with Crippen molar-refractivity contribution in [1.82, 2.24) is 39.3 Å². The van der Waals surface area contributed by atoms with E-state index in [9.17, 15) is 0 Å². The Bertz CT molecular complexity index is 1160. The lowest BCUT2D eigenvalue weighted by Gasteiger charge is -2.10. The normalized spacial score (nSPS) is 11.0. The first-order valence-electron chi connectivity index (χ1n) is 9.86. The molecule has 0 aliphatic heterocycles. The van der Waals surface area contributed by atoms with Crippen LogP contribution in [-0.4, -0.2) is 92.3 Å².